The maximum atomic E-state index is 5.00. The number of pyridine rings is 3. The highest BCUT2D eigenvalue weighted by molar-refractivity contribution is 6.32. The fourth-order valence-electron chi connectivity index (χ4n) is 21.6. The topological polar surface area (TPSA) is 38.7 Å². The van der Waals surface area contributed by atoms with E-state index in [1.165, 1.54) is 253 Å². The van der Waals surface area contributed by atoms with Crippen LogP contribution in [0.25, 0.3) is 264 Å². The summed E-state index contributed by atoms with van der Waals surface area (Å²) in [7, 11) is 0. The Morgan fingerprint density at radius 3 is 0.845 bits per heavy atom. The third kappa shape index (κ3) is 12.3. The Morgan fingerprint density at radius 1 is 0.163 bits per heavy atom. The van der Waals surface area contributed by atoms with Crippen LogP contribution in [0, 0.1) is 20.8 Å². The second-order valence-electron chi connectivity index (χ2n) is 34.8. The highest BCUT2D eigenvalue weighted by Gasteiger charge is 2.36. The van der Waals surface area contributed by atoms with Crippen LogP contribution in [0.15, 0.2) is 437 Å². The quantitative estimate of drug-likeness (QED) is 0.145. The average Bonchev–Trinajstić information content (AvgIpc) is 1.55. The van der Waals surface area contributed by atoms with Crippen molar-refractivity contribution < 1.29 is 0 Å². The molecule has 0 radical (unpaired) electrons. The molecule has 0 unspecified atom stereocenters. The highest BCUT2D eigenvalue weighted by atomic mass is 14.7. The molecule has 3 aliphatic carbocycles. The molecule has 0 bridgehead atoms. The van der Waals surface area contributed by atoms with E-state index in [1.54, 1.807) is 0 Å². The first-order chi connectivity index (χ1) is 63.7. The molecule has 3 aromatic heterocycles. The van der Waals surface area contributed by atoms with Crippen LogP contribution in [0.4, 0.5) is 0 Å². The van der Waals surface area contributed by atoms with Crippen molar-refractivity contribution in [3.8, 4) is 167 Å². The molecule has 0 atom stereocenters. The van der Waals surface area contributed by atoms with E-state index in [-0.39, 0.29) is 0 Å². The molecule has 27 rings (SSSR count). The van der Waals surface area contributed by atoms with Crippen LogP contribution >= 0.6 is 0 Å². The minimum absolute atomic E-state index is 1.00. The summed E-state index contributed by atoms with van der Waals surface area (Å²) in [5.74, 6) is 0. The Bertz CT molecular complexity index is 8780. The molecule has 600 valence electrons. The Hall–Kier alpha value is -16.6. The van der Waals surface area contributed by atoms with Crippen LogP contribution in [0.2, 0.25) is 0 Å². The molecule has 129 heavy (non-hydrogen) atoms. The Kier molecular flexibility index (Phi) is 17.7. The molecule has 24 aromatic rings. The van der Waals surface area contributed by atoms with E-state index in [2.05, 4.69) is 443 Å². The van der Waals surface area contributed by atoms with Gasteiger partial charge in [-0.05, 0) is 341 Å². The van der Waals surface area contributed by atoms with Crippen LogP contribution in [0.5, 0.6) is 0 Å². The van der Waals surface area contributed by atoms with E-state index in [4.69, 9.17) is 4.98 Å². The molecule has 0 amide bonds. The predicted molar refractivity (Wildman–Crippen MR) is 547 cm³/mol. The van der Waals surface area contributed by atoms with E-state index in [0.29, 0.717) is 0 Å². The maximum Gasteiger partial charge on any atom is 0.0708 e. The first-order valence-corrected chi connectivity index (χ1v) is 44.6. The number of benzene rings is 21. The Balaban J connectivity index is 0.000000105. The minimum Gasteiger partial charge on any atom is -0.264 e. The van der Waals surface area contributed by atoms with Gasteiger partial charge in [-0.15, -0.1) is 0 Å². The third-order valence-electron chi connectivity index (χ3n) is 27.4. The van der Waals surface area contributed by atoms with Gasteiger partial charge in [-0.1, -0.05) is 340 Å². The largest absolute Gasteiger partial charge is 0.264 e. The van der Waals surface area contributed by atoms with Crippen molar-refractivity contribution in [3.63, 3.8) is 0 Å². The van der Waals surface area contributed by atoms with Crippen molar-refractivity contribution in [2.45, 2.75) is 20.8 Å². The fourth-order valence-corrected chi connectivity index (χ4v) is 21.6. The SMILES string of the molecule is Cc1cc2cc(-c3cc4c5c(cccc5c3)-c3c-4c(-c4ccccc4)c4ccccc4c3-c3ccccc3)ccc2cn1.Cc1cc2cnc(-c3cc4c5c(cccc5c3)-c3c-4c(-c4ccccc4)c4ccccc4c3-c3ccccc3)cc2cc1C.c1ccc(-c2c3c(c(-c4ccccc4)c4ccccc24)-c2cc(-c4ccc5cnccc5c4)cc4cccc-3c24)cc1. The van der Waals surface area contributed by atoms with Crippen LogP contribution in [-0.2, 0) is 0 Å². The summed E-state index contributed by atoms with van der Waals surface area (Å²) in [6, 6.07) is 152. The van der Waals surface area contributed by atoms with E-state index in [1.807, 2.05) is 24.8 Å². The predicted octanol–water partition coefficient (Wildman–Crippen LogP) is 34.5. The summed E-state index contributed by atoms with van der Waals surface area (Å²) >= 11 is 0. The summed E-state index contributed by atoms with van der Waals surface area (Å²) in [6.07, 6.45) is 7.81. The molecule has 0 spiro atoms. The van der Waals surface area contributed by atoms with Gasteiger partial charge in [0.15, 0.2) is 0 Å². The van der Waals surface area contributed by atoms with Crippen LogP contribution in [0.1, 0.15) is 16.8 Å². The molecule has 3 heteroatoms. The zero-order valence-corrected chi connectivity index (χ0v) is 71.4. The molecule has 3 heterocycles. The van der Waals surface area contributed by atoms with Crippen LogP contribution in [0.3, 0.4) is 0 Å². The number of nitrogens with zero attached hydrogens (tertiary/aromatic N) is 3. The molecule has 3 aliphatic rings. The molecule has 0 aliphatic heterocycles. The van der Waals surface area contributed by atoms with Crippen molar-refractivity contribution in [1.82, 2.24) is 15.0 Å². The summed E-state index contributed by atoms with van der Waals surface area (Å²) < 4.78 is 0. The first-order valence-electron chi connectivity index (χ1n) is 44.6. The number of aromatic nitrogens is 3. The molecule has 0 fully saturated rings. The normalized spacial score (nSPS) is 11.8. The molecule has 0 saturated carbocycles. The number of rotatable bonds is 9. The lowest BCUT2D eigenvalue weighted by Gasteiger charge is -2.20. The fraction of sp³-hybridized carbons (Fsp3) is 0.0238. The highest BCUT2D eigenvalue weighted by Crippen LogP contribution is 2.63. The van der Waals surface area contributed by atoms with Gasteiger partial charge in [0, 0.05) is 52.2 Å². The molecule has 21 aromatic carbocycles. The van der Waals surface area contributed by atoms with E-state index < -0.39 is 0 Å². The van der Waals surface area contributed by atoms with Gasteiger partial charge >= 0.3 is 0 Å². The van der Waals surface area contributed by atoms with E-state index in [9.17, 15) is 0 Å². The van der Waals surface area contributed by atoms with Gasteiger partial charge in [0.1, 0.15) is 0 Å². The number of hydrogen-bond acceptors (Lipinski definition) is 3. The minimum atomic E-state index is 1.00. The second-order valence-corrected chi connectivity index (χ2v) is 34.8. The molecule has 3 nitrogen and oxygen atoms in total. The zero-order valence-electron chi connectivity index (χ0n) is 71.4. The van der Waals surface area contributed by atoms with E-state index >= 15 is 0 Å². The van der Waals surface area contributed by atoms with Crippen molar-refractivity contribution in [2.24, 2.45) is 0 Å². The van der Waals surface area contributed by atoms with Gasteiger partial charge in [0.25, 0.3) is 0 Å². The Morgan fingerprint density at radius 2 is 0.465 bits per heavy atom. The lowest BCUT2D eigenvalue weighted by atomic mass is 9.82. The van der Waals surface area contributed by atoms with Crippen molar-refractivity contribution in [3.05, 3.63) is 454 Å². The maximum absolute atomic E-state index is 5.00. The van der Waals surface area contributed by atoms with Crippen molar-refractivity contribution in [1.29, 1.82) is 0 Å². The lowest BCUT2D eigenvalue weighted by molar-refractivity contribution is 1.22. The summed E-state index contributed by atoms with van der Waals surface area (Å²) in [5, 5.41) is 22.6. The summed E-state index contributed by atoms with van der Waals surface area (Å²) in [4.78, 5) is 13.8. The van der Waals surface area contributed by atoms with E-state index in [0.717, 1.165) is 27.7 Å². The molecular formula is C126H81N3. The number of aryl methyl sites for hydroxylation is 3. The Labute approximate surface area is 748 Å². The van der Waals surface area contributed by atoms with Gasteiger partial charge in [0.2, 0.25) is 0 Å². The molecule has 0 saturated heterocycles. The van der Waals surface area contributed by atoms with Gasteiger partial charge in [-0.2, -0.15) is 0 Å². The summed E-state index contributed by atoms with van der Waals surface area (Å²) in [6.45, 7) is 6.41. The third-order valence-corrected chi connectivity index (χ3v) is 27.4. The summed E-state index contributed by atoms with van der Waals surface area (Å²) in [5.41, 5.74) is 41.8. The molecular weight excluding hydrogens is 1560 g/mol. The number of fused-ring (bicyclic) bond motifs is 15. The van der Waals surface area contributed by atoms with Gasteiger partial charge in [-0.3, -0.25) is 15.0 Å². The monoisotopic (exact) mass is 1640 g/mol. The van der Waals surface area contributed by atoms with Crippen LogP contribution < -0.4 is 0 Å². The standard InChI is InChI=1S/C43H29N.C42H27N.C41H25N/c1-26-20-31-24-38(44-25-33(31)21-27(26)2)32-22-30-16-11-19-36-39(30)37(23-32)43-41(29-14-7-4-8-15-29)35-18-10-9-17-34(35)40(42(36)43)28-12-5-3-6-13-28;1-26-21-32-22-29(19-20-31(32)25-43-26)33-23-30-15-10-18-36-38(30)37(24-33)42-40(28-13-6-3-7-14-28)35-17-9-8-16-34(35)39(41(36)42)27-11-4-2-5-12-27;1-3-10-26(11-4-1)38-33-15-7-8-16-34(33)39(27-12-5-2-6-13-27)41-36-24-32(23-30-14-9-17-35(37(30)36)40(38)41)28-18-19-31-25-42-21-20-29(31)22-28/h3-25H,1-2H3;2-25H,1H3;1-25H. The lowest BCUT2D eigenvalue weighted by Crippen LogP contribution is -1.93. The van der Waals surface area contributed by atoms with Crippen LogP contribution in [-0.4, -0.2) is 15.0 Å². The van der Waals surface area contributed by atoms with Gasteiger partial charge in [-0.25, -0.2) is 0 Å². The number of hydrogen-bond donors (Lipinski definition) is 0. The smallest absolute Gasteiger partial charge is 0.0708 e. The second kappa shape index (κ2) is 30.4. The van der Waals surface area contributed by atoms with Crippen molar-refractivity contribution >= 4 is 97.0 Å². The average molecular weight is 1640 g/mol. The van der Waals surface area contributed by atoms with Gasteiger partial charge < -0.3 is 0 Å². The zero-order chi connectivity index (χ0) is 85.5. The molecule has 0 N–H and O–H groups in total. The van der Waals surface area contributed by atoms with Crippen molar-refractivity contribution in [2.75, 3.05) is 0 Å². The van der Waals surface area contributed by atoms with Gasteiger partial charge in [0.05, 0.1) is 5.69 Å². The first kappa shape index (κ1) is 75.0.